The van der Waals surface area contributed by atoms with Crippen molar-refractivity contribution in [1.29, 1.82) is 0 Å². The third-order valence-electron chi connectivity index (χ3n) is 4.27. The van der Waals surface area contributed by atoms with E-state index >= 15 is 0 Å². The van der Waals surface area contributed by atoms with E-state index in [4.69, 9.17) is 4.42 Å². The first-order valence-electron chi connectivity index (χ1n) is 8.34. The van der Waals surface area contributed by atoms with E-state index in [0.717, 1.165) is 12.2 Å². The van der Waals surface area contributed by atoms with Gasteiger partial charge in [-0.05, 0) is 24.1 Å². The highest BCUT2D eigenvalue weighted by Crippen LogP contribution is 2.13. The third kappa shape index (κ3) is 4.47. The van der Waals surface area contributed by atoms with Crippen LogP contribution in [0.25, 0.3) is 0 Å². The Labute approximate surface area is 141 Å². The molecule has 2 amide bonds. The number of nitrogens with one attached hydrogen (secondary N) is 1. The minimum Gasteiger partial charge on any atom is -0.469 e. The molecule has 1 fully saturated rings. The SMILES string of the molecule is O=C(CCc1ccco1)N[C@H]1CC(=O)N(CCc2ccccc2)C1. The Hall–Kier alpha value is -2.56. The van der Waals surface area contributed by atoms with Crippen LogP contribution in [0.1, 0.15) is 24.2 Å². The normalized spacial score (nSPS) is 17.2. The number of nitrogens with zero attached hydrogens (tertiary/aromatic N) is 1. The molecule has 0 saturated carbocycles. The maximum absolute atomic E-state index is 12.1. The van der Waals surface area contributed by atoms with Crippen LogP contribution in [0.2, 0.25) is 0 Å². The standard InChI is InChI=1S/C19H22N2O3/c22-18(9-8-17-7-4-12-24-17)20-16-13-19(23)21(14-16)11-10-15-5-2-1-3-6-15/h1-7,12,16H,8-11,13-14H2,(H,20,22)/t16-/m0/s1. The van der Waals surface area contributed by atoms with Gasteiger partial charge in [0.1, 0.15) is 5.76 Å². The zero-order chi connectivity index (χ0) is 16.8. The van der Waals surface area contributed by atoms with E-state index in [1.807, 2.05) is 35.2 Å². The minimum atomic E-state index is -0.0858. The molecule has 0 aliphatic carbocycles. The Morgan fingerprint density at radius 2 is 2.00 bits per heavy atom. The number of benzene rings is 1. The Kier molecular flexibility index (Phi) is 5.31. The summed E-state index contributed by atoms with van der Waals surface area (Å²) in [6.45, 7) is 1.29. The molecule has 1 aromatic heterocycles. The predicted octanol–water partition coefficient (Wildman–Crippen LogP) is 2.17. The maximum Gasteiger partial charge on any atom is 0.224 e. The number of hydrogen-bond acceptors (Lipinski definition) is 3. The highest BCUT2D eigenvalue weighted by Gasteiger charge is 2.30. The van der Waals surface area contributed by atoms with Gasteiger partial charge in [-0.25, -0.2) is 0 Å². The lowest BCUT2D eigenvalue weighted by atomic mass is 10.1. The van der Waals surface area contributed by atoms with Gasteiger partial charge < -0.3 is 14.6 Å². The Morgan fingerprint density at radius 3 is 2.75 bits per heavy atom. The van der Waals surface area contributed by atoms with E-state index in [2.05, 4.69) is 17.4 Å². The van der Waals surface area contributed by atoms with Crippen molar-refractivity contribution < 1.29 is 14.0 Å². The van der Waals surface area contributed by atoms with Gasteiger partial charge >= 0.3 is 0 Å². The summed E-state index contributed by atoms with van der Waals surface area (Å²) in [5.74, 6) is 0.883. The molecule has 5 heteroatoms. The van der Waals surface area contributed by atoms with Crippen LogP contribution in [0.15, 0.2) is 53.1 Å². The van der Waals surface area contributed by atoms with Crippen molar-refractivity contribution in [3.63, 3.8) is 0 Å². The topological polar surface area (TPSA) is 62.6 Å². The van der Waals surface area contributed by atoms with Gasteiger partial charge in [-0.3, -0.25) is 9.59 Å². The molecule has 24 heavy (non-hydrogen) atoms. The first kappa shape index (κ1) is 16.3. The van der Waals surface area contributed by atoms with Crippen molar-refractivity contribution in [2.75, 3.05) is 13.1 Å². The fourth-order valence-electron chi connectivity index (χ4n) is 2.99. The average Bonchev–Trinajstić information content (AvgIpc) is 3.22. The van der Waals surface area contributed by atoms with Crippen molar-refractivity contribution in [3.8, 4) is 0 Å². The van der Waals surface area contributed by atoms with Crippen LogP contribution in [0, 0.1) is 0 Å². The highest BCUT2D eigenvalue weighted by atomic mass is 16.3. The molecule has 1 N–H and O–H groups in total. The Balaban J connectivity index is 1.41. The molecule has 1 aliphatic rings. The third-order valence-corrected chi connectivity index (χ3v) is 4.27. The number of furan rings is 1. The molecule has 1 aromatic carbocycles. The van der Waals surface area contributed by atoms with Gasteiger partial charge in [0.2, 0.25) is 11.8 Å². The van der Waals surface area contributed by atoms with Crippen LogP contribution in [0.5, 0.6) is 0 Å². The van der Waals surface area contributed by atoms with Gasteiger partial charge in [0, 0.05) is 32.4 Å². The molecule has 5 nitrogen and oxygen atoms in total. The zero-order valence-corrected chi connectivity index (χ0v) is 13.6. The van der Waals surface area contributed by atoms with Crippen molar-refractivity contribution >= 4 is 11.8 Å². The van der Waals surface area contributed by atoms with Crippen LogP contribution in [0.4, 0.5) is 0 Å². The van der Waals surface area contributed by atoms with Gasteiger partial charge in [0.25, 0.3) is 0 Å². The summed E-state index contributed by atoms with van der Waals surface area (Å²) in [4.78, 5) is 25.9. The second-order valence-corrected chi connectivity index (χ2v) is 6.12. The monoisotopic (exact) mass is 326 g/mol. The van der Waals surface area contributed by atoms with Gasteiger partial charge in [-0.2, -0.15) is 0 Å². The minimum absolute atomic E-state index is 0.0332. The van der Waals surface area contributed by atoms with E-state index < -0.39 is 0 Å². The number of aryl methyl sites for hydroxylation is 1. The van der Waals surface area contributed by atoms with Crippen molar-refractivity contribution in [3.05, 3.63) is 60.1 Å². The average molecular weight is 326 g/mol. The zero-order valence-electron chi connectivity index (χ0n) is 13.6. The number of hydrogen-bond donors (Lipinski definition) is 1. The summed E-state index contributed by atoms with van der Waals surface area (Å²) >= 11 is 0. The number of amides is 2. The second-order valence-electron chi connectivity index (χ2n) is 6.12. The van der Waals surface area contributed by atoms with Gasteiger partial charge in [-0.15, -0.1) is 0 Å². The molecule has 1 aliphatic heterocycles. The van der Waals surface area contributed by atoms with Gasteiger partial charge in [0.05, 0.1) is 12.3 Å². The fraction of sp³-hybridized carbons (Fsp3) is 0.368. The molecule has 0 bridgehead atoms. The van der Waals surface area contributed by atoms with Crippen LogP contribution >= 0.6 is 0 Å². The molecule has 2 heterocycles. The largest absolute Gasteiger partial charge is 0.469 e. The van der Waals surface area contributed by atoms with Crippen LogP contribution in [0.3, 0.4) is 0 Å². The summed E-state index contributed by atoms with van der Waals surface area (Å²) in [6.07, 6.45) is 3.79. The molecular formula is C19H22N2O3. The van der Waals surface area contributed by atoms with Crippen molar-refractivity contribution in [1.82, 2.24) is 10.2 Å². The van der Waals surface area contributed by atoms with Crippen LogP contribution < -0.4 is 5.32 Å². The molecule has 126 valence electrons. The Bertz CT molecular complexity index is 667. The lowest BCUT2D eigenvalue weighted by Gasteiger charge is -2.17. The molecule has 0 spiro atoms. The number of carbonyl (C=O) groups is 2. The van der Waals surface area contributed by atoms with E-state index in [1.54, 1.807) is 6.26 Å². The smallest absolute Gasteiger partial charge is 0.224 e. The number of rotatable bonds is 7. The quantitative estimate of drug-likeness (QED) is 0.848. The fourth-order valence-corrected chi connectivity index (χ4v) is 2.99. The second kappa shape index (κ2) is 7.81. The molecule has 1 atom stereocenters. The number of likely N-dealkylation sites (tertiary alicyclic amines) is 1. The first-order chi connectivity index (χ1) is 11.7. The maximum atomic E-state index is 12.1. The summed E-state index contributed by atoms with van der Waals surface area (Å²) in [6, 6.07) is 13.7. The summed E-state index contributed by atoms with van der Waals surface area (Å²) in [5.41, 5.74) is 1.22. The van der Waals surface area contributed by atoms with Crippen molar-refractivity contribution in [2.45, 2.75) is 31.7 Å². The van der Waals surface area contributed by atoms with E-state index in [9.17, 15) is 9.59 Å². The number of carbonyl (C=O) groups excluding carboxylic acids is 2. The van der Waals surface area contributed by atoms with E-state index in [1.165, 1.54) is 5.56 Å². The molecule has 1 saturated heterocycles. The summed E-state index contributed by atoms with van der Waals surface area (Å²) in [7, 11) is 0. The van der Waals surface area contributed by atoms with Gasteiger partial charge in [-0.1, -0.05) is 30.3 Å². The Morgan fingerprint density at radius 1 is 1.17 bits per heavy atom. The van der Waals surface area contributed by atoms with E-state index in [0.29, 0.717) is 32.4 Å². The molecule has 0 radical (unpaired) electrons. The van der Waals surface area contributed by atoms with Crippen molar-refractivity contribution in [2.24, 2.45) is 0 Å². The molecule has 0 unspecified atom stereocenters. The highest BCUT2D eigenvalue weighted by molar-refractivity contribution is 5.82. The van der Waals surface area contributed by atoms with Crippen LogP contribution in [-0.4, -0.2) is 35.8 Å². The molecule has 3 rings (SSSR count). The lowest BCUT2D eigenvalue weighted by Crippen LogP contribution is -2.37. The first-order valence-corrected chi connectivity index (χ1v) is 8.34. The predicted molar refractivity (Wildman–Crippen MR) is 90.3 cm³/mol. The molecule has 2 aromatic rings. The summed E-state index contributed by atoms with van der Waals surface area (Å²) in [5, 5.41) is 2.96. The van der Waals surface area contributed by atoms with E-state index in [-0.39, 0.29) is 17.9 Å². The van der Waals surface area contributed by atoms with Crippen LogP contribution in [-0.2, 0) is 22.4 Å². The molecular weight excluding hydrogens is 304 g/mol. The van der Waals surface area contributed by atoms with Gasteiger partial charge in [0.15, 0.2) is 0 Å². The lowest BCUT2D eigenvalue weighted by molar-refractivity contribution is -0.127. The summed E-state index contributed by atoms with van der Waals surface area (Å²) < 4.78 is 5.22.